The molecule has 1 atom stereocenters. The SMILES string of the molecule is COc1ccc(CNC(=O)N2CCCC[C@@H]2c2cn[nH]c2)cc1Cl. The standard InChI is InChI=1S/C17H21ClN4O2/c1-24-16-6-5-12(8-14(16)18)9-19-17(23)22-7-3-2-4-15(22)13-10-20-21-11-13/h5-6,8,10-11,15H,2-4,7,9H2,1H3,(H,19,23)(H,20,21)/t15-/m1/s1. The second kappa shape index (κ2) is 7.57. The summed E-state index contributed by atoms with van der Waals surface area (Å²) in [6.07, 6.45) is 6.75. The van der Waals surface area contributed by atoms with Crippen molar-refractivity contribution in [1.29, 1.82) is 0 Å². The molecule has 24 heavy (non-hydrogen) atoms. The summed E-state index contributed by atoms with van der Waals surface area (Å²) in [6.45, 7) is 1.18. The quantitative estimate of drug-likeness (QED) is 0.888. The molecule has 2 N–H and O–H groups in total. The van der Waals surface area contributed by atoms with E-state index in [-0.39, 0.29) is 12.1 Å². The van der Waals surface area contributed by atoms with Gasteiger partial charge in [0, 0.05) is 24.8 Å². The molecule has 0 spiro atoms. The Hall–Kier alpha value is -2.21. The topological polar surface area (TPSA) is 70.2 Å². The molecule has 0 radical (unpaired) electrons. The Bertz CT molecular complexity index is 690. The van der Waals surface area contributed by atoms with Gasteiger partial charge in [0.25, 0.3) is 0 Å². The van der Waals surface area contributed by atoms with Crippen molar-refractivity contribution in [2.45, 2.75) is 31.8 Å². The van der Waals surface area contributed by atoms with Crippen LogP contribution in [0, 0.1) is 0 Å². The summed E-state index contributed by atoms with van der Waals surface area (Å²) in [5.74, 6) is 0.628. The lowest BCUT2D eigenvalue weighted by molar-refractivity contribution is 0.151. The Kier molecular flexibility index (Phi) is 5.25. The molecule has 1 aliphatic heterocycles. The fourth-order valence-electron chi connectivity index (χ4n) is 3.06. The predicted octanol–water partition coefficient (Wildman–Crippen LogP) is 3.51. The van der Waals surface area contributed by atoms with Crippen molar-refractivity contribution in [2.75, 3.05) is 13.7 Å². The largest absolute Gasteiger partial charge is 0.495 e. The molecular weight excluding hydrogens is 328 g/mol. The number of rotatable bonds is 4. The summed E-state index contributed by atoms with van der Waals surface area (Å²) in [7, 11) is 1.58. The maximum atomic E-state index is 12.6. The van der Waals surface area contributed by atoms with Crippen LogP contribution >= 0.6 is 11.6 Å². The molecule has 0 bridgehead atoms. The molecule has 0 saturated carbocycles. The first-order valence-electron chi connectivity index (χ1n) is 8.04. The maximum absolute atomic E-state index is 12.6. The van der Waals surface area contributed by atoms with Gasteiger partial charge in [-0.25, -0.2) is 4.79 Å². The first-order chi connectivity index (χ1) is 11.7. The number of carbonyl (C=O) groups is 1. The van der Waals surface area contributed by atoms with Gasteiger partial charge in [-0.3, -0.25) is 5.10 Å². The van der Waals surface area contributed by atoms with E-state index < -0.39 is 0 Å². The zero-order valence-corrected chi connectivity index (χ0v) is 14.3. The Morgan fingerprint density at radius 3 is 3.08 bits per heavy atom. The number of urea groups is 1. The Morgan fingerprint density at radius 1 is 1.50 bits per heavy atom. The summed E-state index contributed by atoms with van der Waals surface area (Å²) >= 11 is 6.13. The van der Waals surface area contributed by atoms with Crippen LogP contribution in [0.5, 0.6) is 5.75 Å². The summed E-state index contributed by atoms with van der Waals surface area (Å²) < 4.78 is 5.14. The number of aromatic amines is 1. The van der Waals surface area contributed by atoms with E-state index in [1.807, 2.05) is 23.2 Å². The van der Waals surface area contributed by atoms with E-state index in [0.717, 1.165) is 36.9 Å². The second-order valence-corrected chi connectivity index (χ2v) is 6.27. The number of ether oxygens (including phenoxy) is 1. The van der Waals surface area contributed by atoms with Gasteiger partial charge < -0.3 is 15.0 Å². The molecule has 0 unspecified atom stereocenters. The third-order valence-corrected chi connectivity index (χ3v) is 4.62. The van der Waals surface area contributed by atoms with Crippen LogP contribution in [0.1, 0.15) is 36.4 Å². The highest BCUT2D eigenvalue weighted by Crippen LogP contribution is 2.30. The second-order valence-electron chi connectivity index (χ2n) is 5.86. The minimum absolute atomic E-state index is 0.0622. The number of H-pyrrole nitrogens is 1. The number of hydrogen-bond acceptors (Lipinski definition) is 3. The van der Waals surface area contributed by atoms with Crippen molar-refractivity contribution in [2.24, 2.45) is 0 Å². The van der Waals surface area contributed by atoms with Crippen LogP contribution < -0.4 is 10.1 Å². The molecule has 3 rings (SSSR count). The Balaban J connectivity index is 1.64. The molecule has 1 aromatic carbocycles. The third kappa shape index (κ3) is 3.64. The van der Waals surface area contributed by atoms with E-state index in [1.165, 1.54) is 0 Å². The van der Waals surface area contributed by atoms with Gasteiger partial charge in [-0.05, 0) is 37.0 Å². The first kappa shape index (κ1) is 16.6. The smallest absolute Gasteiger partial charge is 0.318 e. The lowest BCUT2D eigenvalue weighted by Crippen LogP contribution is -2.44. The summed E-state index contributed by atoms with van der Waals surface area (Å²) in [5, 5.41) is 10.3. The number of amides is 2. The van der Waals surface area contributed by atoms with E-state index in [0.29, 0.717) is 17.3 Å². The number of carbonyl (C=O) groups excluding carboxylic acids is 1. The molecular formula is C17H21ClN4O2. The van der Waals surface area contributed by atoms with E-state index in [2.05, 4.69) is 15.5 Å². The van der Waals surface area contributed by atoms with Crippen molar-refractivity contribution in [1.82, 2.24) is 20.4 Å². The molecule has 7 heteroatoms. The van der Waals surface area contributed by atoms with Gasteiger partial charge in [-0.1, -0.05) is 17.7 Å². The lowest BCUT2D eigenvalue weighted by Gasteiger charge is -2.35. The van der Waals surface area contributed by atoms with Crippen LogP contribution in [0.2, 0.25) is 5.02 Å². The highest BCUT2D eigenvalue weighted by Gasteiger charge is 2.28. The number of likely N-dealkylation sites (tertiary alicyclic amines) is 1. The van der Waals surface area contributed by atoms with E-state index in [4.69, 9.17) is 16.3 Å². The van der Waals surface area contributed by atoms with Gasteiger partial charge in [0.15, 0.2) is 0 Å². The first-order valence-corrected chi connectivity index (χ1v) is 8.42. The average Bonchev–Trinajstić information content (AvgIpc) is 3.14. The van der Waals surface area contributed by atoms with Crippen molar-refractivity contribution in [3.63, 3.8) is 0 Å². The van der Waals surface area contributed by atoms with Crippen molar-refractivity contribution in [3.8, 4) is 5.75 Å². The minimum atomic E-state index is -0.0622. The van der Waals surface area contributed by atoms with Crippen molar-refractivity contribution < 1.29 is 9.53 Å². The minimum Gasteiger partial charge on any atom is -0.495 e. The van der Waals surface area contributed by atoms with Crippen LogP contribution in [0.3, 0.4) is 0 Å². The number of hydrogen-bond donors (Lipinski definition) is 2. The van der Waals surface area contributed by atoms with Crippen LogP contribution in [0.4, 0.5) is 4.79 Å². The fraction of sp³-hybridized carbons (Fsp3) is 0.412. The van der Waals surface area contributed by atoms with Gasteiger partial charge in [-0.2, -0.15) is 5.10 Å². The number of nitrogens with one attached hydrogen (secondary N) is 2. The van der Waals surface area contributed by atoms with Gasteiger partial charge in [0.1, 0.15) is 5.75 Å². The fourth-order valence-corrected chi connectivity index (χ4v) is 3.34. The van der Waals surface area contributed by atoms with Gasteiger partial charge >= 0.3 is 6.03 Å². The number of halogens is 1. The highest BCUT2D eigenvalue weighted by atomic mass is 35.5. The van der Waals surface area contributed by atoms with E-state index in [1.54, 1.807) is 19.4 Å². The number of benzene rings is 1. The maximum Gasteiger partial charge on any atom is 0.318 e. The van der Waals surface area contributed by atoms with Crippen LogP contribution in [-0.2, 0) is 6.54 Å². The van der Waals surface area contributed by atoms with Crippen LogP contribution in [0.15, 0.2) is 30.6 Å². The summed E-state index contributed by atoms with van der Waals surface area (Å²) in [5.41, 5.74) is 1.99. The van der Waals surface area contributed by atoms with E-state index >= 15 is 0 Å². The van der Waals surface area contributed by atoms with Crippen molar-refractivity contribution >= 4 is 17.6 Å². The molecule has 6 nitrogen and oxygen atoms in total. The predicted molar refractivity (Wildman–Crippen MR) is 92.1 cm³/mol. The average molecular weight is 349 g/mol. The third-order valence-electron chi connectivity index (χ3n) is 4.33. The molecule has 1 aromatic heterocycles. The molecule has 2 aromatic rings. The number of aromatic nitrogens is 2. The Morgan fingerprint density at radius 2 is 2.38 bits per heavy atom. The van der Waals surface area contributed by atoms with Gasteiger partial charge in [0.05, 0.1) is 24.4 Å². The molecule has 1 aliphatic rings. The molecule has 2 heterocycles. The number of piperidine rings is 1. The summed E-state index contributed by atoms with van der Waals surface area (Å²) in [6, 6.07) is 5.53. The van der Waals surface area contributed by atoms with E-state index in [9.17, 15) is 4.79 Å². The van der Waals surface area contributed by atoms with Crippen LogP contribution in [0.25, 0.3) is 0 Å². The number of nitrogens with zero attached hydrogens (tertiary/aromatic N) is 2. The molecule has 0 aliphatic carbocycles. The molecule has 128 valence electrons. The van der Waals surface area contributed by atoms with Crippen LogP contribution in [-0.4, -0.2) is 34.8 Å². The Labute approximate surface area is 146 Å². The van der Waals surface area contributed by atoms with Crippen molar-refractivity contribution in [3.05, 3.63) is 46.7 Å². The normalized spacial score (nSPS) is 17.6. The van der Waals surface area contributed by atoms with Gasteiger partial charge in [-0.15, -0.1) is 0 Å². The zero-order chi connectivity index (χ0) is 16.9. The molecule has 1 fully saturated rings. The van der Waals surface area contributed by atoms with Gasteiger partial charge in [0.2, 0.25) is 0 Å². The molecule has 2 amide bonds. The monoisotopic (exact) mass is 348 g/mol. The lowest BCUT2D eigenvalue weighted by atomic mass is 9.98. The zero-order valence-electron chi connectivity index (χ0n) is 13.6. The summed E-state index contributed by atoms with van der Waals surface area (Å²) in [4.78, 5) is 14.5. The molecule has 1 saturated heterocycles. The highest BCUT2D eigenvalue weighted by molar-refractivity contribution is 6.32. The number of methoxy groups -OCH3 is 1.